The van der Waals surface area contributed by atoms with E-state index >= 15 is 0 Å². The highest BCUT2D eigenvalue weighted by molar-refractivity contribution is 6.09. The van der Waals surface area contributed by atoms with E-state index in [0.29, 0.717) is 11.1 Å². The zero-order chi connectivity index (χ0) is 35.0. The Kier molecular flexibility index (Phi) is 7.68. The number of carbonyl (C=O) groups is 1. The van der Waals surface area contributed by atoms with E-state index in [-0.39, 0.29) is 22.4 Å². The maximum atomic E-state index is 13.6. The summed E-state index contributed by atoms with van der Waals surface area (Å²) in [5.74, 6) is 13.6. The van der Waals surface area contributed by atoms with Crippen LogP contribution in [0.3, 0.4) is 0 Å². The number of benzene rings is 4. The molecule has 12 rings (SSSR count). The van der Waals surface area contributed by atoms with Crippen LogP contribution < -0.4 is 9.47 Å². The standard InChI is InChI=1S/C48H47FO3/c1-51-44-23-45(52-41-13-9-38(10-14-41)46(50)39-4-2-3-31(21-39)6-5-30-7-11-40(49)12-8-30)43(48-27-35-18-36(28-48)20-37(19-35)29-48)22-42(44)47-24-32-15-33(25-47)17-34(16-32)26-47/h2-4,7-14,21-23,32-37H,15-20,24-29H2,1H3. The number of ether oxygens (including phenoxy) is 2. The maximum Gasteiger partial charge on any atom is 0.193 e. The van der Waals surface area contributed by atoms with Crippen molar-refractivity contribution in [2.45, 2.75) is 87.9 Å². The van der Waals surface area contributed by atoms with E-state index in [4.69, 9.17) is 9.47 Å². The molecule has 8 aliphatic carbocycles. The number of halogens is 1. The molecular weight excluding hydrogens is 644 g/mol. The molecule has 0 heterocycles. The van der Waals surface area contributed by atoms with E-state index in [1.54, 1.807) is 12.1 Å². The Labute approximate surface area is 307 Å². The fourth-order valence-electron chi connectivity index (χ4n) is 12.9. The molecule has 0 spiro atoms. The monoisotopic (exact) mass is 690 g/mol. The molecule has 0 radical (unpaired) electrons. The summed E-state index contributed by atoms with van der Waals surface area (Å²) in [6.07, 6.45) is 16.3. The summed E-state index contributed by atoms with van der Waals surface area (Å²) >= 11 is 0. The predicted molar refractivity (Wildman–Crippen MR) is 201 cm³/mol. The number of hydrogen-bond acceptors (Lipinski definition) is 3. The fraction of sp³-hybridized carbons (Fsp3) is 0.438. The average Bonchev–Trinajstić information content (AvgIpc) is 3.13. The van der Waals surface area contributed by atoms with Gasteiger partial charge in [-0.2, -0.15) is 0 Å². The van der Waals surface area contributed by atoms with Crippen LogP contribution in [0.15, 0.2) is 84.9 Å². The zero-order valence-corrected chi connectivity index (χ0v) is 30.1. The molecule has 4 aromatic rings. The van der Waals surface area contributed by atoms with Gasteiger partial charge >= 0.3 is 0 Å². The first-order valence-electron chi connectivity index (χ1n) is 19.8. The summed E-state index contributed by atoms with van der Waals surface area (Å²) in [7, 11) is 1.84. The highest BCUT2D eigenvalue weighted by Gasteiger charge is 2.55. The fourth-order valence-corrected chi connectivity index (χ4v) is 12.9. The van der Waals surface area contributed by atoms with E-state index in [2.05, 4.69) is 24.0 Å². The van der Waals surface area contributed by atoms with Gasteiger partial charge in [-0.3, -0.25) is 4.79 Å². The quantitative estimate of drug-likeness (QED) is 0.143. The van der Waals surface area contributed by atoms with E-state index < -0.39 is 0 Å². The van der Waals surface area contributed by atoms with Gasteiger partial charge in [-0.1, -0.05) is 24.0 Å². The van der Waals surface area contributed by atoms with Crippen LogP contribution in [0.1, 0.15) is 115 Å². The van der Waals surface area contributed by atoms with Gasteiger partial charge in [0.2, 0.25) is 0 Å². The molecule has 8 fully saturated rings. The van der Waals surface area contributed by atoms with Crippen LogP contribution in [-0.4, -0.2) is 12.9 Å². The van der Waals surface area contributed by atoms with E-state index in [0.717, 1.165) is 63.9 Å². The number of hydrogen-bond donors (Lipinski definition) is 0. The average molecular weight is 691 g/mol. The number of ketones is 1. The molecule has 0 N–H and O–H groups in total. The first kappa shape index (κ1) is 32.3. The second-order valence-electron chi connectivity index (χ2n) is 17.7. The summed E-state index contributed by atoms with van der Waals surface area (Å²) in [5.41, 5.74) is 5.95. The molecule has 4 heteroatoms. The van der Waals surface area contributed by atoms with Gasteiger partial charge < -0.3 is 9.47 Å². The molecule has 4 aromatic carbocycles. The molecule has 0 unspecified atom stereocenters. The second kappa shape index (κ2) is 12.4. The third-order valence-corrected chi connectivity index (χ3v) is 14.2. The van der Waals surface area contributed by atoms with Crippen LogP contribution >= 0.6 is 0 Å². The lowest BCUT2D eigenvalue weighted by Gasteiger charge is -2.58. The van der Waals surface area contributed by atoms with Crippen molar-refractivity contribution in [1.29, 1.82) is 0 Å². The van der Waals surface area contributed by atoms with Gasteiger partial charge in [0, 0.05) is 39.4 Å². The van der Waals surface area contributed by atoms with Gasteiger partial charge in [0.1, 0.15) is 23.1 Å². The van der Waals surface area contributed by atoms with Crippen molar-refractivity contribution in [1.82, 2.24) is 0 Å². The second-order valence-corrected chi connectivity index (χ2v) is 17.7. The molecule has 0 aliphatic heterocycles. The van der Waals surface area contributed by atoms with Gasteiger partial charge in [-0.15, -0.1) is 0 Å². The Bertz CT molecular complexity index is 2030. The van der Waals surface area contributed by atoms with Gasteiger partial charge in [-0.05, 0) is 190 Å². The summed E-state index contributed by atoms with van der Waals surface area (Å²) in [4.78, 5) is 13.6. The third kappa shape index (κ3) is 5.67. The van der Waals surface area contributed by atoms with Gasteiger partial charge in [0.05, 0.1) is 7.11 Å². The molecular formula is C48H47FO3. The number of rotatable bonds is 7. The summed E-state index contributed by atoms with van der Waals surface area (Å²) < 4.78 is 26.5. The van der Waals surface area contributed by atoms with Crippen molar-refractivity contribution in [3.63, 3.8) is 0 Å². The van der Waals surface area contributed by atoms with Crippen LogP contribution in [-0.2, 0) is 10.8 Å². The molecule has 8 saturated carbocycles. The topological polar surface area (TPSA) is 35.5 Å². The normalized spacial score (nSPS) is 32.0. The molecule has 52 heavy (non-hydrogen) atoms. The van der Waals surface area contributed by atoms with Gasteiger partial charge in [0.15, 0.2) is 5.78 Å². The Balaban J connectivity index is 0.963. The maximum absolute atomic E-state index is 13.6. The lowest BCUT2D eigenvalue weighted by atomic mass is 9.46. The number of carbonyl (C=O) groups excluding carboxylic acids is 1. The first-order chi connectivity index (χ1) is 25.3. The molecule has 8 aliphatic rings. The molecule has 8 bridgehead atoms. The van der Waals surface area contributed by atoms with Crippen LogP contribution in [0, 0.1) is 53.2 Å². The molecule has 0 saturated heterocycles. The van der Waals surface area contributed by atoms with E-state index in [1.807, 2.05) is 55.6 Å². The zero-order valence-electron chi connectivity index (χ0n) is 30.1. The minimum Gasteiger partial charge on any atom is -0.496 e. The Hall–Kier alpha value is -4.36. The van der Waals surface area contributed by atoms with Crippen molar-refractivity contribution < 1.29 is 18.7 Å². The third-order valence-electron chi connectivity index (χ3n) is 14.2. The highest BCUT2D eigenvalue weighted by atomic mass is 19.1. The molecule has 3 nitrogen and oxygen atoms in total. The number of methoxy groups -OCH3 is 1. The van der Waals surface area contributed by atoms with Crippen molar-refractivity contribution in [2.75, 3.05) is 7.11 Å². The molecule has 0 amide bonds. The van der Waals surface area contributed by atoms with Crippen molar-refractivity contribution in [3.05, 3.63) is 124 Å². The predicted octanol–water partition coefficient (Wildman–Crippen LogP) is 11.2. The van der Waals surface area contributed by atoms with Crippen molar-refractivity contribution >= 4 is 5.78 Å². The molecule has 0 aromatic heterocycles. The highest BCUT2D eigenvalue weighted by Crippen LogP contribution is 2.65. The molecule has 0 atom stereocenters. The van der Waals surface area contributed by atoms with Crippen LogP contribution in [0.25, 0.3) is 0 Å². The Morgan fingerprint density at radius 1 is 0.596 bits per heavy atom. The van der Waals surface area contributed by atoms with Crippen molar-refractivity contribution in [3.8, 4) is 29.1 Å². The smallest absolute Gasteiger partial charge is 0.193 e. The summed E-state index contributed by atoms with van der Waals surface area (Å²) in [5, 5.41) is 0. The van der Waals surface area contributed by atoms with Crippen LogP contribution in [0.4, 0.5) is 4.39 Å². The van der Waals surface area contributed by atoms with Gasteiger partial charge in [0.25, 0.3) is 0 Å². The van der Waals surface area contributed by atoms with Crippen molar-refractivity contribution in [2.24, 2.45) is 35.5 Å². The lowest BCUT2D eigenvalue weighted by Crippen LogP contribution is -2.50. The minimum atomic E-state index is -0.289. The van der Waals surface area contributed by atoms with E-state index in [1.165, 1.54) is 100 Å². The largest absolute Gasteiger partial charge is 0.496 e. The van der Waals surface area contributed by atoms with Crippen LogP contribution in [0.5, 0.6) is 17.2 Å². The Morgan fingerprint density at radius 3 is 1.65 bits per heavy atom. The lowest BCUT2D eigenvalue weighted by molar-refractivity contribution is -0.00949. The minimum absolute atomic E-state index is 0.0622. The molecule has 264 valence electrons. The first-order valence-corrected chi connectivity index (χ1v) is 19.8. The summed E-state index contributed by atoms with van der Waals surface area (Å²) in [6.45, 7) is 0. The summed E-state index contributed by atoms with van der Waals surface area (Å²) in [6, 6.07) is 26.0. The SMILES string of the molecule is COc1cc(Oc2ccc(C(=O)c3cccc(C#Cc4ccc(F)cc4)c3)cc2)c(C23CC4CC(CC(C4)C2)C3)cc1C12CC3CC(CC(C3)C1)C2. The van der Waals surface area contributed by atoms with E-state index in [9.17, 15) is 9.18 Å². The Morgan fingerprint density at radius 2 is 1.12 bits per heavy atom. The van der Waals surface area contributed by atoms with Crippen LogP contribution in [0.2, 0.25) is 0 Å². The van der Waals surface area contributed by atoms with Gasteiger partial charge in [-0.25, -0.2) is 4.39 Å².